The first-order chi connectivity index (χ1) is 12.3. The second-order valence-electron chi connectivity index (χ2n) is 6.24. The molecule has 0 bridgehead atoms. The number of nitrogens with one attached hydrogen (secondary N) is 1. The Morgan fingerprint density at radius 2 is 1.69 bits per heavy atom. The first-order valence-corrected chi connectivity index (χ1v) is 9.70. The topological polar surface area (TPSA) is 69.7 Å². The molecule has 0 radical (unpaired) electrons. The third-order valence-corrected chi connectivity index (χ3v) is 5.66. The summed E-state index contributed by atoms with van der Waals surface area (Å²) in [6.07, 6.45) is 0. The van der Waals surface area contributed by atoms with Gasteiger partial charge in [-0.3, -0.25) is 9.52 Å². The smallest absolute Gasteiger partial charge is 0.261 e. The van der Waals surface area contributed by atoms with E-state index in [1.54, 1.807) is 17.0 Å². The van der Waals surface area contributed by atoms with Gasteiger partial charge in [0, 0.05) is 37.4 Å². The van der Waals surface area contributed by atoms with Crippen LogP contribution in [0, 0.1) is 5.82 Å². The van der Waals surface area contributed by atoms with Crippen molar-refractivity contribution in [1.82, 2.24) is 9.80 Å². The van der Waals surface area contributed by atoms with Crippen LogP contribution in [0.5, 0.6) is 0 Å². The van der Waals surface area contributed by atoms with Crippen LogP contribution in [-0.2, 0) is 10.0 Å². The van der Waals surface area contributed by atoms with Crippen molar-refractivity contribution in [3.05, 3.63) is 59.9 Å². The van der Waals surface area contributed by atoms with Gasteiger partial charge in [0.15, 0.2) is 0 Å². The third-order valence-electron chi connectivity index (χ3n) is 4.28. The summed E-state index contributed by atoms with van der Waals surface area (Å²) in [5, 5.41) is 0. The summed E-state index contributed by atoms with van der Waals surface area (Å²) >= 11 is 0. The maximum atomic E-state index is 13.0. The van der Waals surface area contributed by atoms with Gasteiger partial charge in [-0.25, -0.2) is 12.8 Å². The number of hydrogen-bond acceptors (Lipinski definition) is 4. The molecule has 1 aliphatic heterocycles. The summed E-state index contributed by atoms with van der Waals surface area (Å²) < 4.78 is 40.4. The quantitative estimate of drug-likeness (QED) is 0.885. The molecule has 26 heavy (non-hydrogen) atoms. The lowest BCUT2D eigenvalue weighted by atomic mass is 10.2. The van der Waals surface area contributed by atoms with Crippen LogP contribution in [0.2, 0.25) is 0 Å². The van der Waals surface area contributed by atoms with Gasteiger partial charge >= 0.3 is 0 Å². The molecule has 1 heterocycles. The summed E-state index contributed by atoms with van der Waals surface area (Å²) in [6, 6.07) is 11.0. The van der Waals surface area contributed by atoms with Crippen molar-refractivity contribution < 1.29 is 17.6 Å². The van der Waals surface area contributed by atoms with Gasteiger partial charge in [0.2, 0.25) is 0 Å². The maximum Gasteiger partial charge on any atom is 0.261 e. The summed E-state index contributed by atoms with van der Waals surface area (Å²) in [5.41, 5.74) is 0.582. The van der Waals surface area contributed by atoms with Gasteiger partial charge in [-0.2, -0.15) is 0 Å². The number of piperazine rings is 1. The van der Waals surface area contributed by atoms with Crippen molar-refractivity contribution in [3.63, 3.8) is 0 Å². The van der Waals surface area contributed by atoms with Gasteiger partial charge in [0.05, 0.1) is 4.90 Å². The van der Waals surface area contributed by atoms with Crippen molar-refractivity contribution >= 4 is 21.6 Å². The van der Waals surface area contributed by atoms with E-state index in [2.05, 4.69) is 9.62 Å². The SMILES string of the molecule is CN1CCN(C(=O)c2cccc(S(=O)(=O)Nc3ccc(F)cc3)c2)CC1. The zero-order valence-corrected chi connectivity index (χ0v) is 15.2. The summed E-state index contributed by atoms with van der Waals surface area (Å²) in [7, 11) is -1.88. The molecule has 6 nitrogen and oxygen atoms in total. The normalized spacial score (nSPS) is 15.7. The number of sulfonamides is 1. The highest BCUT2D eigenvalue weighted by atomic mass is 32.2. The Kier molecular flexibility index (Phi) is 5.24. The van der Waals surface area contributed by atoms with Crippen molar-refractivity contribution in [3.8, 4) is 0 Å². The van der Waals surface area contributed by atoms with Crippen molar-refractivity contribution in [1.29, 1.82) is 0 Å². The van der Waals surface area contributed by atoms with Gasteiger partial charge < -0.3 is 9.80 Å². The fourth-order valence-corrected chi connectivity index (χ4v) is 3.82. The number of nitrogens with zero attached hydrogens (tertiary/aromatic N) is 2. The number of halogens is 1. The summed E-state index contributed by atoms with van der Waals surface area (Å²) in [4.78, 5) is 16.5. The van der Waals surface area contributed by atoms with E-state index in [-0.39, 0.29) is 16.5 Å². The minimum absolute atomic E-state index is 0.0122. The number of likely N-dealkylation sites (N-methyl/N-ethyl adjacent to an activating group) is 1. The van der Waals surface area contributed by atoms with Gasteiger partial charge in [0.1, 0.15) is 5.82 Å². The molecule has 1 aliphatic rings. The number of anilines is 1. The highest BCUT2D eigenvalue weighted by Gasteiger charge is 2.22. The zero-order chi connectivity index (χ0) is 18.7. The maximum absolute atomic E-state index is 13.0. The summed E-state index contributed by atoms with van der Waals surface area (Å²) in [5.74, 6) is -0.635. The van der Waals surface area contributed by atoms with Crippen LogP contribution in [0.1, 0.15) is 10.4 Å². The molecular formula is C18H20FN3O3S. The molecule has 3 rings (SSSR count). The van der Waals surface area contributed by atoms with Crippen molar-refractivity contribution in [2.75, 3.05) is 37.9 Å². The van der Waals surface area contributed by atoms with Gasteiger partial charge in [0.25, 0.3) is 15.9 Å². The van der Waals surface area contributed by atoms with E-state index in [0.29, 0.717) is 18.7 Å². The van der Waals surface area contributed by atoms with Crippen LogP contribution in [0.4, 0.5) is 10.1 Å². The Morgan fingerprint density at radius 1 is 1.04 bits per heavy atom. The highest BCUT2D eigenvalue weighted by molar-refractivity contribution is 7.92. The Bertz CT molecular complexity index is 892. The van der Waals surface area contributed by atoms with E-state index in [4.69, 9.17) is 0 Å². The monoisotopic (exact) mass is 377 g/mol. The Hall–Kier alpha value is -2.45. The number of hydrogen-bond donors (Lipinski definition) is 1. The van der Waals surface area contributed by atoms with E-state index in [1.165, 1.54) is 36.4 Å². The fraction of sp³-hybridized carbons (Fsp3) is 0.278. The van der Waals surface area contributed by atoms with Gasteiger partial charge in [-0.1, -0.05) is 6.07 Å². The van der Waals surface area contributed by atoms with Crippen LogP contribution < -0.4 is 4.72 Å². The third kappa shape index (κ3) is 4.20. The van der Waals surface area contributed by atoms with Crippen molar-refractivity contribution in [2.45, 2.75) is 4.90 Å². The molecule has 8 heteroatoms. The molecule has 0 aromatic heterocycles. The minimum atomic E-state index is -3.87. The molecule has 2 aromatic carbocycles. The number of benzene rings is 2. The van der Waals surface area contributed by atoms with Crippen LogP contribution in [-0.4, -0.2) is 57.4 Å². The first-order valence-electron chi connectivity index (χ1n) is 8.21. The highest BCUT2D eigenvalue weighted by Crippen LogP contribution is 2.18. The second-order valence-corrected chi connectivity index (χ2v) is 7.92. The van der Waals surface area contributed by atoms with E-state index < -0.39 is 15.8 Å². The molecule has 1 amide bonds. The molecule has 0 saturated carbocycles. The molecule has 1 saturated heterocycles. The molecule has 138 valence electrons. The number of rotatable bonds is 4. The minimum Gasteiger partial charge on any atom is -0.336 e. The standard InChI is InChI=1S/C18H20FN3O3S/c1-21-9-11-22(12-10-21)18(23)14-3-2-4-17(13-14)26(24,25)20-16-7-5-15(19)6-8-16/h2-8,13,20H,9-12H2,1H3. The number of carbonyl (C=O) groups is 1. The van der Waals surface area contributed by atoms with E-state index in [0.717, 1.165) is 13.1 Å². The first kappa shape index (κ1) is 18.3. The van der Waals surface area contributed by atoms with E-state index >= 15 is 0 Å². The molecule has 0 unspecified atom stereocenters. The van der Waals surface area contributed by atoms with Crippen LogP contribution >= 0.6 is 0 Å². The molecule has 2 aromatic rings. The lowest BCUT2D eigenvalue weighted by molar-refractivity contribution is 0.0664. The average Bonchev–Trinajstić information content (AvgIpc) is 2.64. The molecule has 0 spiro atoms. The van der Waals surface area contributed by atoms with Gasteiger partial charge in [-0.15, -0.1) is 0 Å². The van der Waals surface area contributed by atoms with Crippen LogP contribution in [0.15, 0.2) is 53.4 Å². The molecule has 1 fully saturated rings. The Balaban J connectivity index is 1.79. The fourth-order valence-electron chi connectivity index (χ4n) is 2.72. The Morgan fingerprint density at radius 3 is 2.35 bits per heavy atom. The zero-order valence-electron chi connectivity index (χ0n) is 14.4. The molecular weight excluding hydrogens is 357 g/mol. The number of amides is 1. The lowest BCUT2D eigenvalue weighted by Crippen LogP contribution is -2.47. The lowest BCUT2D eigenvalue weighted by Gasteiger charge is -2.32. The predicted molar refractivity (Wildman–Crippen MR) is 97.1 cm³/mol. The number of carbonyl (C=O) groups excluding carboxylic acids is 1. The van der Waals surface area contributed by atoms with Crippen molar-refractivity contribution in [2.24, 2.45) is 0 Å². The predicted octanol–water partition coefficient (Wildman–Crippen LogP) is 2.01. The molecule has 0 atom stereocenters. The second kappa shape index (κ2) is 7.43. The summed E-state index contributed by atoms with van der Waals surface area (Å²) in [6.45, 7) is 2.80. The van der Waals surface area contributed by atoms with Gasteiger partial charge in [-0.05, 0) is 49.5 Å². The van der Waals surface area contributed by atoms with Crippen LogP contribution in [0.25, 0.3) is 0 Å². The average molecular weight is 377 g/mol. The molecule has 1 N–H and O–H groups in total. The van der Waals surface area contributed by atoms with Crippen LogP contribution in [0.3, 0.4) is 0 Å². The van der Waals surface area contributed by atoms with E-state index in [9.17, 15) is 17.6 Å². The van der Waals surface area contributed by atoms with E-state index in [1.807, 2.05) is 7.05 Å². The largest absolute Gasteiger partial charge is 0.336 e. The molecule has 0 aliphatic carbocycles. The Labute approximate surface area is 152 Å².